The summed E-state index contributed by atoms with van der Waals surface area (Å²) >= 11 is 0. The Hall–Kier alpha value is -4.10. The van der Waals surface area contributed by atoms with Crippen molar-refractivity contribution in [2.45, 2.75) is 13.5 Å². The molecule has 7 nitrogen and oxygen atoms in total. The van der Waals surface area contributed by atoms with Gasteiger partial charge in [-0.2, -0.15) is 0 Å². The summed E-state index contributed by atoms with van der Waals surface area (Å²) in [6.07, 6.45) is 0. The van der Waals surface area contributed by atoms with E-state index < -0.39 is 0 Å². The van der Waals surface area contributed by atoms with Crippen LogP contribution in [0, 0.1) is 6.92 Å². The molecule has 7 heteroatoms. The molecule has 0 N–H and O–H groups in total. The molecule has 34 heavy (non-hydrogen) atoms. The molecule has 0 unspecified atom stereocenters. The zero-order chi connectivity index (χ0) is 23.9. The van der Waals surface area contributed by atoms with Gasteiger partial charge in [0, 0.05) is 24.3 Å². The minimum absolute atomic E-state index is 0.0215. The first-order valence-corrected chi connectivity index (χ1v) is 10.7. The van der Waals surface area contributed by atoms with E-state index in [1.807, 2.05) is 37.3 Å². The van der Waals surface area contributed by atoms with E-state index in [1.165, 1.54) is 7.11 Å². The Kier molecular flexibility index (Phi) is 7.25. The number of nitrogens with zero attached hydrogens (tertiary/aromatic N) is 1. The van der Waals surface area contributed by atoms with Gasteiger partial charge in [0.15, 0.2) is 12.6 Å². The Balaban J connectivity index is 1.45. The zero-order valence-corrected chi connectivity index (χ0v) is 19.2. The summed E-state index contributed by atoms with van der Waals surface area (Å²) < 4.78 is 27.4. The van der Waals surface area contributed by atoms with Crippen LogP contribution in [0.4, 0.5) is 0 Å². The molecule has 0 bridgehead atoms. The number of aryl methyl sites for hydroxylation is 1. The fourth-order valence-electron chi connectivity index (χ4n) is 3.33. The van der Waals surface area contributed by atoms with Crippen LogP contribution in [0.15, 0.2) is 77.2 Å². The number of benzene rings is 3. The van der Waals surface area contributed by atoms with E-state index in [1.54, 1.807) is 49.6 Å². The summed E-state index contributed by atoms with van der Waals surface area (Å²) in [7, 11) is 3.07. The first-order valence-electron chi connectivity index (χ1n) is 10.7. The van der Waals surface area contributed by atoms with Crippen molar-refractivity contribution in [2.75, 3.05) is 21.0 Å². The van der Waals surface area contributed by atoms with Crippen LogP contribution in [-0.2, 0) is 11.3 Å². The third kappa shape index (κ3) is 5.27. The first-order chi connectivity index (χ1) is 16.6. The highest BCUT2D eigenvalue weighted by Crippen LogP contribution is 2.28. The van der Waals surface area contributed by atoms with Crippen LogP contribution in [0.2, 0.25) is 0 Å². The van der Waals surface area contributed by atoms with Crippen molar-refractivity contribution < 1.29 is 28.2 Å². The second-order valence-corrected chi connectivity index (χ2v) is 7.44. The van der Waals surface area contributed by atoms with Crippen molar-refractivity contribution >= 4 is 5.78 Å². The second-order valence-electron chi connectivity index (χ2n) is 7.44. The molecule has 0 aliphatic heterocycles. The van der Waals surface area contributed by atoms with E-state index in [0.717, 1.165) is 11.3 Å². The highest BCUT2D eigenvalue weighted by atomic mass is 16.7. The molecule has 0 saturated heterocycles. The van der Waals surface area contributed by atoms with Crippen LogP contribution in [0.25, 0.3) is 11.5 Å². The average Bonchev–Trinajstić information content (AvgIpc) is 3.26. The molecule has 0 aliphatic rings. The van der Waals surface area contributed by atoms with Gasteiger partial charge in [-0.3, -0.25) is 4.79 Å². The lowest BCUT2D eigenvalue weighted by atomic mass is 10.0. The van der Waals surface area contributed by atoms with Crippen LogP contribution in [0.5, 0.6) is 17.2 Å². The van der Waals surface area contributed by atoms with Gasteiger partial charge >= 0.3 is 0 Å². The van der Waals surface area contributed by atoms with E-state index in [2.05, 4.69) is 4.98 Å². The van der Waals surface area contributed by atoms with E-state index in [4.69, 9.17) is 23.4 Å². The molecule has 0 fully saturated rings. The SMILES string of the molecule is COCOc1cc(OC)ccc1C(=O)c1ccc(OCc2nc(-c3ccccc3)oc2C)cc1. The number of ketones is 1. The maximum Gasteiger partial charge on any atom is 0.226 e. The molecule has 3 aromatic carbocycles. The Bertz CT molecular complexity index is 1250. The average molecular weight is 459 g/mol. The summed E-state index contributed by atoms with van der Waals surface area (Å²) in [5.41, 5.74) is 2.55. The van der Waals surface area contributed by atoms with Crippen LogP contribution in [-0.4, -0.2) is 31.8 Å². The smallest absolute Gasteiger partial charge is 0.226 e. The van der Waals surface area contributed by atoms with Crippen molar-refractivity contribution in [1.82, 2.24) is 4.98 Å². The Morgan fingerprint density at radius 1 is 0.912 bits per heavy atom. The highest BCUT2D eigenvalue weighted by molar-refractivity contribution is 6.10. The van der Waals surface area contributed by atoms with Crippen molar-refractivity contribution in [3.8, 4) is 28.7 Å². The molecule has 0 atom stereocenters. The van der Waals surface area contributed by atoms with Gasteiger partial charge in [-0.1, -0.05) is 18.2 Å². The van der Waals surface area contributed by atoms with Crippen molar-refractivity contribution in [3.05, 3.63) is 95.4 Å². The quantitative estimate of drug-likeness (QED) is 0.230. The summed E-state index contributed by atoms with van der Waals surface area (Å²) in [5, 5.41) is 0. The van der Waals surface area contributed by atoms with Gasteiger partial charge in [0.1, 0.15) is 35.3 Å². The molecule has 0 saturated carbocycles. The second kappa shape index (κ2) is 10.7. The number of rotatable bonds is 10. The molecule has 0 radical (unpaired) electrons. The van der Waals surface area contributed by atoms with Crippen LogP contribution < -0.4 is 14.2 Å². The summed E-state index contributed by atoms with van der Waals surface area (Å²) in [5.74, 6) is 2.68. The molecule has 4 rings (SSSR count). The van der Waals surface area contributed by atoms with E-state index in [9.17, 15) is 4.79 Å². The number of aromatic nitrogens is 1. The normalized spacial score (nSPS) is 10.7. The fraction of sp³-hybridized carbons (Fsp3) is 0.185. The van der Waals surface area contributed by atoms with Gasteiger partial charge in [0.25, 0.3) is 0 Å². The van der Waals surface area contributed by atoms with E-state index in [0.29, 0.717) is 40.0 Å². The first kappa shape index (κ1) is 23.1. The van der Waals surface area contributed by atoms with Gasteiger partial charge in [-0.05, 0) is 55.5 Å². The molecule has 0 amide bonds. The maximum absolute atomic E-state index is 13.1. The highest BCUT2D eigenvalue weighted by Gasteiger charge is 2.17. The maximum atomic E-state index is 13.1. The molecular weight excluding hydrogens is 434 g/mol. The minimum Gasteiger partial charge on any atom is -0.497 e. The molecule has 0 spiro atoms. The third-order valence-corrected chi connectivity index (χ3v) is 5.17. The number of hydrogen-bond donors (Lipinski definition) is 0. The monoisotopic (exact) mass is 459 g/mol. The van der Waals surface area contributed by atoms with Gasteiger partial charge in [0.2, 0.25) is 5.89 Å². The Morgan fingerprint density at radius 3 is 2.35 bits per heavy atom. The number of ether oxygens (including phenoxy) is 4. The third-order valence-electron chi connectivity index (χ3n) is 5.17. The summed E-state index contributed by atoms with van der Waals surface area (Å²) in [6, 6.07) is 21.7. The van der Waals surface area contributed by atoms with Gasteiger partial charge in [0.05, 0.1) is 12.7 Å². The largest absolute Gasteiger partial charge is 0.497 e. The van der Waals surface area contributed by atoms with E-state index in [-0.39, 0.29) is 19.2 Å². The Labute approximate surface area is 197 Å². The predicted octanol–water partition coefficient (Wildman–Crippen LogP) is 5.45. The number of carbonyl (C=O) groups is 1. The molecule has 1 heterocycles. The van der Waals surface area contributed by atoms with Crippen LogP contribution in [0.1, 0.15) is 27.4 Å². The topological polar surface area (TPSA) is 80.0 Å². The fourth-order valence-corrected chi connectivity index (χ4v) is 3.33. The van der Waals surface area contributed by atoms with Crippen molar-refractivity contribution in [1.29, 1.82) is 0 Å². The number of carbonyl (C=O) groups excluding carboxylic acids is 1. The minimum atomic E-state index is -0.180. The van der Waals surface area contributed by atoms with Crippen molar-refractivity contribution in [3.63, 3.8) is 0 Å². The van der Waals surface area contributed by atoms with Crippen molar-refractivity contribution in [2.24, 2.45) is 0 Å². The molecule has 174 valence electrons. The van der Waals surface area contributed by atoms with E-state index >= 15 is 0 Å². The molecule has 4 aromatic rings. The van der Waals surface area contributed by atoms with Gasteiger partial charge < -0.3 is 23.4 Å². The standard InChI is InChI=1S/C27H25NO6/c1-18-24(28-27(34-18)20-7-5-4-6-8-20)16-32-21-11-9-19(10-12-21)26(29)23-14-13-22(31-3)15-25(23)33-17-30-2/h4-15H,16-17H2,1-3H3. The molecular formula is C27H25NO6. The Morgan fingerprint density at radius 2 is 1.65 bits per heavy atom. The summed E-state index contributed by atoms with van der Waals surface area (Å²) in [4.78, 5) is 17.6. The lowest BCUT2D eigenvalue weighted by Gasteiger charge is -2.12. The summed E-state index contributed by atoms with van der Waals surface area (Å²) in [6.45, 7) is 2.13. The predicted molar refractivity (Wildman–Crippen MR) is 126 cm³/mol. The van der Waals surface area contributed by atoms with Gasteiger partial charge in [-0.15, -0.1) is 0 Å². The lowest BCUT2D eigenvalue weighted by molar-refractivity contribution is 0.0502. The van der Waals surface area contributed by atoms with Crippen LogP contribution in [0.3, 0.4) is 0 Å². The number of oxazole rings is 1. The van der Waals surface area contributed by atoms with Crippen LogP contribution >= 0.6 is 0 Å². The number of methoxy groups -OCH3 is 2. The van der Waals surface area contributed by atoms with Gasteiger partial charge in [-0.25, -0.2) is 4.98 Å². The lowest BCUT2D eigenvalue weighted by Crippen LogP contribution is -2.07. The zero-order valence-electron chi connectivity index (χ0n) is 19.2. The molecule has 0 aliphatic carbocycles. The number of hydrogen-bond acceptors (Lipinski definition) is 7. The molecule has 1 aromatic heterocycles.